The molecule has 4 nitrogen and oxygen atoms in total. The summed E-state index contributed by atoms with van der Waals surface area (Å²) >= 11 is 0. The number of nitrogens with zero attached hydrogens (tertiary/aromatic N) is 2. The first-order chi connectivity index (χ1) is 9.21. The van der Waals surface area contributed by atoms with Gasteiger partial charge in [-0.2, -0.15) is 13.2 Å². The van der Waals surface area contributed by atoms with E-state index in [9.17, 15) is 18.0 Å². The summed E-state index contributed by atoms with van der Waals surface area (Å²) in [5.41, 5.74) is -1.05. The van der Waals surface area contributed by atoms with E-state index in [-0.39, 0.29) is 16.8 Å². The van der Waals surface area contributed by atoms with Crippen molar-refractivity contribution in [1.29, 1.82) is 0 Å². The quantitative estimate of drug-likeness (QED) is 0.917. The van der Waals surface area contributed by atoms with Crippen molar-refractivity contribution in [3.63, 3.8) is 0 Å². The lowest BCUT2D eigenvalue weighted by molar-refractivity contribution is -0.136. The zero-order valence-corrected chi connectivity index (χ0v) is 10.7. The van der Waals surface area contributed by atoms with Crippen molar-refractivity contribution < 1.29 is 23.1 Å². The Labute approximate surface area is 112 Å². The molecule has 0 spiro atoms. The first kappa shape index (κ1) is 14.2. The van der Waals surface area contributed by atoms with E-state index in [4.69, 9.17) is 5.11 Å². The number of carboxylic acids is 1. The highest BCUT2D eigenvalue weighted by Crippen LogP contribution is 2.35. The molecule has 0 unspecified atom stereocenters. The van der Waals surface area contributed by atoms with Gasteiger partial charge in [0.2, 0.25) is 5.82 Å². The van der Waals surface area contributed by atoms with Crippen molar-refractivity contribution in [2.45, 2.75) is 25.9 Å². The Balaban J connectivity index is 2.90. The topological polar surface area (TPSA) is 63.1 Å². The molecule has 0 saturated carbocycles. The van der Waals surface area contributed by atoms with Gasteiger partial charge in [0.15, 0.2) is 0 Å². The van der Waals surface area contributed by atoms with Crippen LogP contribution in [0, 0.1) is 0 Å². The van der Waals surface area contributed by atoms with Crippen LogP contribution in [0.2, 0.25) is 0 Å². The summed E-state index contributed by atoms with van der Waals surface area (Å²) in [6.45, 7) is 3.46. The van der Waals surface area contributed by atoms with Gasteiger partial charge in [-0.05, 0) is 12.0 Å². The molecule has 2 rings (SSSR count). The van der Waals surface area contributed by atoms with E-state index < -0.39 is 23.5 Å². The van der Waals surface area contributed by atoms with Crippen molar-refractivity contribution in [3.05, 3.63) is 35.3 Å². The molecule has 1 heterocycles. The number of aromatic carboxylic acids is 1. The number of alkyl halides is 3. The smallest absolute Gasteiger partial charge is 0.418 e. The molecule has 0 fully saturated rings. The van der Waals surface area contributed by atoms with Crippen LogP contribution in [0.25, 0.3) is 10.9 Å². The highest BCUT2D eigenvalue weighted by atomic mass is 19.4. The Morgan fingerprint density at radius 3 is 2.40 bits per heavy atom. The largest absolute Gasteiger partial charge is 0.475 e. The zero-order chi connectivity index (χ0) is 15.1. The molecule has 0 aliphatic rings. The predicted molar refractivity (Wildman–Crippen MR) is 65.6 cm³/mol. The van der Waals surface area contributed by atoms with Gasteiger partial charge in [-0.3, -0.25) is 0 Å². The van der Waals surface area contributed by atoms with Crippen LogP contribution in [0.5, 0.6) is 0 Å². The van der Waals surface area contributed by atoms with Crippen LogP contribution in [-0.4, -0.2) is 21.0 Å². The number of rotatable bonds is 2. The molecular weight excluding hydrogens is 273 g/mol. The second kappa shape index (κ2) is 4.73. The molecule has 0 saturated heterocycles. The third-order valence-electron chi connectivity index (χ3n) is 2.80. The molecule has 0 bridgehead atoms. The molecule has 0 aliphatic carbocycles. The van der Waals surface area contributed by atoms with Crippen LogP contribution in [0.3, 0.4) is 0 Å². The van der Waals surface area contributed by atoms with Crippen molar-refractivity contribution >= 4 is 16.9 Å². The van der Waals surface area contributed by atoms with Gasteiger partial charge in [-0.15, -0.1) is 0 Å². The van der Waals surface area contributed by atoms with E-state index in [0.29, 0.717) is 5.69 Å². The summed E-state index contributed by atoms with van der Waals surface area (Å²) < 4.78 is 38.9. The minimum Gasteiger partial charge on any atom is -0.475 e. The number of aromatic nitrogens is 2. The molecule has 0 amide bonds. The summed E-state index contributed by atoms with van der Waals surface area (Å²) in [5.74, 6) is -2.30. The standard InChI is InChI=1S/C13H11F3N2O2/c1-6(2)9-7-4-3-5-8(13(14,15)16)10(7)18-11(17-9)12(19)20/h3-6H,1-2H3,(H,19,20). The predicted octanol–water partition coefficient (Wildman–Crippen LogP) is 3.47. The van der Waals surface area contributed by atoms with Crippen LogP contribution in [-0.2, 0) is 6.18 Å². The Bertz CT molecular complexity index is 681. The monoisotopic (exact) mass is 284 g/mol. The number of carbonyl (C=O) groups is 1. The van der Waals surface area contributed by atoms with Crippen molar-refractivity contribution in [3.8, 4) is 0 Å². The summed E-state index contributed by atoms with van der Waals surface area (Å²) in [6, 6.07) is 3.61. The third kappa shape index (κ3) is 2.43. The lowest BCUT2D eigenvalue weighted by atomic mass is 10.0. The van der Waals surface area contributed by atoms with Crippen molar-refractivity contribution in [2.75, 3.05) is 0 Å². The number of fused-ring (bicyclic) bond motifs is 1. The fourth-order valence-corrected chi connectivity index (χ4v) is 1.94. The number of hydrogen-bond acceptors (Lipinski definition) is 3. The number of benzene rings is 1. The van der Waals surface area contributed by atoms with Gasteiger partial charge in [0.05, 0.1) is 16.8 Å². The summed E-state index contributed by atoms with van der Waals surface area (Å²) in [7, 11) is 0. The molecule has 106 valence electrons. The lowest BCUT2D eigenvalue weighted by Crippen LogP contribution is -2.12. The van der Waals surface area contributed by atoms with E-state index >= 15 is 0 Å². The second-order valence-electron chi connectivity index (χ2n) is 4.59. The first-order valence-corrected chi connectivity index (χ1v) is 5.83. The van der Waals surface area contributed by atoms with Gasteiger partial charge in [0.1, 0.15) is 0 Å². The minimum atomic E-state index is -4.60. The van der Waals surface area contributed by atoms with E-state index in [1.54, 1.807) is 13.8 Å². The normalized spacial score (nSPS) is 12.1. The minimum absolute atomic E-state index is 0.220. The number of hydrogen-bond donors (Lipinski definition) is 1. The molecule has 0 aliphatic heterocycles. The summed E-state index contributed by atoms with van der Waals surface area (Å²) in [6.07, 6.45) is -4.60. The van der Waals surface area contributed by atoms with Gasteiger partial charge in [0, 0.05) is 5.39 Å². The Hall–Kier alpha value is -2.18. The number of carboxylic acid groups (broad SMARTS) is 1. The van der Waals surface area contributed by atoms with Crippen LogP contribution in [0.4, 0.5) is 13.2 Å². The van der Waals surface area contributed by atoms with Crippen LogP contribution in [0.15, 0.2) is 18.2 Å². The Morgan fingerprint density at radius 1 is 1.25 bits per heavy atom. The molecule has 0 radical (unpaired) electrons. The highest BCUT2D eigenvalue weighted by molar-refractivity contribution is 5.90. The van der Waals surface area contributed by atoms with Crippen molar-refractivity contribution in [1.82, 2.24) is 9.97 Å². The van der Waals surface area contributed by atoms with E-state index in [0.717, 1.165) is 6.07 Å². The average molecular weight is 284 g/mol. The fourth-order valence-electron chi connectivity index (χ4n) is 1.94. The van der Waals surface area contributed by atoms with Crippen molar-refractivity contribution in [2.24, 2.45) is 0 Å². The molecule has 1 N–H and O–H groups in total. The fraction of sp³-hybridized carbons (Fsp3) is 0.308. The van der Waals surface area contributed by atoms with E-state index in [1.165, 1.54) is 12.1 Å². The molecule has 20 heavy (non-hydrogen) atoms. The molecule has 0 atom stereocenters. The van der Waals surface area contributed by atoms with Gasteiger partial charge in [-0.25, -0.2) is 14.8 Å². The van der Waals surface area contributed by atoms with Gasteiger partial charge in [0.25, 0.3) is 0 Å². The maximum Gasteiger partial charge on any atom is 0.418 e. The molecule has 1 aromatic heterocycles. The molecular formula is C13H11F3N2O2. The maximum atomic E-state index is 13.0. The van der Waals surface area contributed by atoms with Gasteiger partial charge < -0.3 is 5.11 Å². The second-order valence-corrected chi connectivity index (χ2v) is 4.59. The summed E-state index contributed by atoms with van der Waals surface area (Å²) in [4.78, 5) is 18.4. The molecule has 7 heteroatoms. The SMILES string of the molecule is CC(C)c1nc(C(=O)O)nc2c(C(F)(F)F)cccc12. The number of halogens is 3. The molecule has 1 aromatic carbocycles. The summed E-state index contributed by atoms with van der Waals surface area (Å²) in [5, 5.41) is 9.16. The van der Waals surface area contributed by atoms with Gasteiger partial charge >= 0.3 is 12.1 Å². The lowest BCUT2D eigenvalue weighted by Gasteiger charge is -2.14. The zero-order valence-electron chi connectivity index (χ0n) is 10.7. The third-order valence-corrected chi connectivity index (χ3v) is 2.80. The van der Waals surface area contributed by atoms with E-state index in [1.807, 2.05) is 0 Å². The van der Waals surface area contributed by atoms with E-state index in [2.05, 4.69) is 9.97 Å². The van der Waals surface area contributed by atoms with Crippen LogP contribution in [0.1, 0.15) is 41.6 Å². The average Bonchev–Trinajstić information content (AvgIpc) is 2.35. The first-order valence-electron chi connectivity index (χ1n) is 5.83. The maximum absolute atomic E-state index is 13.0. The number of para-hydroxylation sites is 1. The highest BCUT2D eigenvalue weighted by Gasteiger charge is 2.34. The molecule has 2 aromatic rings. The van der Waals surface area contributed by atoms with Crippen LogP contribution < -0.4 is 0 Å². The van der Waals surface area contributed by atoms with Crippen LogP contribution >= 0.6 is 0 Å². The Morgan fingerprint density at radius 2 is 1.90 bits per heavy atom. The van der Waals surface area contributed by atoms with Gasteiger partial charge in [-0.1, -0.05) is 26.0 Å². The Kier molecular flexibility index (Phi) is 3.37.